The molecule has 3 atom stereocenters. The van der Waals surface area contributed by atoms with Crippen LogP contribution in [0.3, 0.4) is 0 Å². The van der Waals surface area contributed by atoms with E-state index in [4.69, 9.17) is 57.6 Å². The highest BCUT2D eigenvalue weighted by Gasteiger charge is 2.26. The lowest BCUT2D eigenvalue weighted by molar-refractivity contribution is -0.147. The van der Waals surface area contributed by atoms with Gasteiger partial charge in [0, 0.05) is 66.2 Å². The maximum Gasteiger partial charge on any atom is 0.328 e. The van der Waals surface area contributed by atoms with E-state index in [0.29, 0.717) is 90.3 Å². The Kier molecular flexibility index (Phi) is 39.8. The third-order valence-corrected chi connectivity index (χ3v) is 18.4. The first kappa shape index (κ1) is 86.1. The van der Waals surface area contributed by atoms with E-state index >= 15 is 0 Å². The van der Waals surface area contributed by atoms with Crippen LogP contribution >= 0.6 is 160 Å². The number of halogens is 6. The normalized spacial score (nSPS) is 11.3. The molecule has 0 aliphatic rings. The number of nitrogens with one attached hydrogen (secondary N) is 3. The molecule has 522 valence electrons. The Morgan fingerprint density at radius 2 is 0.680 bits per heavy atom. The Hall–Kier alpha value is -5.16. The van der Waals surface area contributed by atoms with Crippen molar-refractivity contribution in [3.05, 3.63) is 164 Å². The average Bonchev–Trinajstić information content (AvgIpc) is 0.862. The molecule has 0 fully saturated rings. The molecule has 0 saturated heterocycles. The van der Waals surface area contributed by atoms with Crippen molar-refractivity contribution in [2.45, 2.75) is 132 Å². The summed E-state index contributed by atoms with van der Waals surface area (Å²) in [5.41, 5.74) is 5.57. The number of phenolic OH excluding ortho intramolecular Hbond substituents is 2. The first-order valence-corrected chi connectivity index (χ1v) is 37.0. The molecule has 6 aromatic carbocycles. The van der Waals surface area contributed by atoms with E-state index in [0.717, 1.165) is 54.8 Å². The predicted octanol–water partition coefficient (Wildman–Crippen LogP) is 13.7. The van der Waals surface area contributed by atoms with Crippen molar-refractivity contribution in [3.63, 3.8) is 0 Å². The summed E-state index contributed by atoms with van der Waals surface area (Å²) in [6.45, 7) is 11.4. The molecule has 5 N–H and O–H groups in total. The summed E-state index contributed by atoms with van der Waals surface area (Å²) in [6.07, 6.45) is 4.11. The molecule has 0 heterocycles. The number of hydrogen-bond donors (Lipinski definition) is 5. The predicted molar refractivity (Wildman–Crippen MR) is 427 cm³/mol. The quantitative estimate of drug-likeness (QED) is 0.0100. The number of phenols is 2. The summed E-state index contributed by atoms with van der Waals surface area (Å²) in [7, 11) is 0. The van der Waals surface area contributed by atoms with Crippen molar-refractivity contribution in [2.24, 2.45) is 0 Å². The molecule has 1 amide bonds. The molecule has 20 nitrogen and oxygen atoms in total. The van der Waals surface area contributed by atoms with Crippen LogP contribution in [0.2, 0.25) is 0 Å². The molecule has 0 aliphatic heterocycles. The van der Waals surface area contributed by atoms with Crippen LogP contribution in [0.4, 0.5) is 0 Å². The third-order valence-electron chi connectivity index (χ3n) is 13.0. The number of rotatable bonds is 28. The van der Waals surface area contributed by atoms with Gasteiger partial charge in [0.15, 0.2) is 11.5 Å². The van der Waals surface area contributed by atoms with Gasteiger partial charge in [0.05, 0.1) is 51.2 Å². The minimum Gasteiger partial charge on any atom is -0.508 e. The average molecular weight is 2040 g/mol. The summed E-state index contributed by atoms with van der Waals surface area (Å²) in [4.78, 5) is 95.8. The number of esters is 7. The molecule has 3 unspecified atom stereocenters. The van der Waals surface area contributed by atoms with Crippen molar-refractivity contribution in [1.82, 2.24) is 16.0 Å². The lowest BCUT2D eigenvalue weighted by Gasteiger charge is -2.19. The van der Waals surface area contributed by atoms with Gasteiger partial charge in [-0.2, -0.15) is 0 Å². The molecular formula is C69H75I6N3O17S2. The zero-order chi connectivity index (χ0) is 71.2. The standard InChI is InChI=1S/C24H25I2NO7.C24H25I2NO6S.C20H21I2NO4S.CH4/c1-4-32-24(31)21(13-16-5-8-18(9-6-16)33-14(2)28)27-22(30)10-7-17-11-19(25)23(20(26)12-17)34-15(3)29;1-4-31-24(30)21(13-16-5-8-18(9-6-16)32-14(2)28)27-22(34)10-7-17-11-19(25)23(20(26)12-17)33-15(3)29;1-2-27-20(26)17(11-12-3-6-14(24)7-4-12)23-18(28)8-5-13-9-15(21)19(25)16(22)10-13;/h5-6,8-9,11-12,21H,4,7,10,13H2,1-3H3,(H,27,30);5-6,8-9,11-12,21H,4,7,10,13H2,1-3H3,(H,27,34);3-4,6-7,9-10,17,24-25H,2,5,8,11H2,1H3,(H,23,28);1H4. The number of aryl methyl sites for hydroxylation is 3. The van der Waals surface area contributed by atoms with Gasteiger partial charge in [0.1, 0.15) is 41.1 Å². The second kappa shape index (κ2) is 44.9. The van der Waals surface area contributed by atoms with Crippen molar-refractivity contribution >= 4 is 218 Å². The molecule has 28 heteroatoms. The van der Waals surface area contributed by atoms with Crippen LogP contribution in [0.15, 0.2) is 109 Å². The van der Waals surface area contributed by atoms with Crippen LogP contribution in [0.25, 0.3) is 0 Å². The van der Waals surface area contributed by atoms with Crippen LogP contribution in [0, 0.1) is 21.4 Å². The lowest BCUT2D eigenvalue weighted by Crippen LogP contribution is -2.43. The number of hydrogen-bond acceptors (Lipinski definition) is 19. The lowest BCUT2D eigenvalue weighted by atomic mass is 10.0. The maximum absolute atomic E-state index is 12.6. The number of carbonyl (C=O) groups is 8. The van der Waals surface area contributed by atoms with E-state index in [9.17, 15) is 48.6 Å². The van der Waals surface area contributed by atoms with Gasteiger partial charge in [-0.05, 0) is 282 Å². The molecule has 97 heavy (non-hydrogen) atoms. The second-order valence-corrected chi connectivity index (χ2v) is 28.7. The minimum atomic E-state index is -0.848. The summed E-state index contributed by atoms with van der Waals surface area (Å²) < 4.78 is 40.9. The van der Waals surface area contributed by atoms with E-state index in [1.165, 1.54) is 27.7 Å². The minimum absolute atomic E-state index is 0. The molecule has 6 aromatic rings. The number of thiocarbonyl (C=S) groups is 2. The molecule has 0 bridgehead atoms. The van der Waals surface area contributed by atoms with Gasteiger partial charge in [-0.1, -0.05) is 68.3 Å². The van der Waals surface area contributed by atoms with Gasteiger partial charge < -0.3 is 59.3 Å². The zero-order valence-electron chi connectivity index (χ0n) is 53.2. The summed E-state index contributed by atoms with van der Waals surface area (Å²) >= 11 is 23.6. The Labute approximate surface area is 657 Å². The first-order chi connectivity index (χ1) is 45.5. The number of aromatic hydroxyl groups is 2. The Bertz CT molecular complexity index is 3480. The molecule has 0 spiro atoms. The highest BCUT2D eigenvalue weighted by atomic mass is 127. The number of carbonyl (C=O) groups excluding carboxylic acids is 8. The van der Waals surface area contributed by atoms with Gasteiger partial charge in [-0.15, -0.1) is 0 Å². The van der Waals surface area contributed by atoms with Gasteiger partial charge in [-0.3, -0.25) is 24.0 Å². The van der Waals surface area contributed by atoms with Crippen molar-refractivity contribution in [1.29, 1.82) is 0 Å². The number of ether oxygens (including phenoxy) is 7. The fourth-order valence-corrected chi connectivity index (χ4v) is 15.3. The molecule has 0 radical (unpaired) electrons. The number of benzene rings is 6. The Morgan fingerprint density at radius 1 is 0.402 bits per heavy atom. The van der Waals surface area contributed by atoms with Gasteiger partial charge in [0.25, 0.3) is 0 Å². The van der Waals surface area contributed by atoms with E-state index in [-0.39, 0.29) is 63.0 Å². The van der Waals surface area contributed by atoms with E-state index in [1.54, 1.807) is 93.6 Å². The second-order valence-electron chi connectivity index (χ2n) is 20.7. The third kappa shape index (κ3) is 32.4. The van der Waals surface area contributed by atoms with Crippen LogP contribution < -0.4 is 34.9 Å². The Morgan fingerprint density at radius 3 is 0.979 bits per heavy atom. The van der Waals surface area contributed by atoms with Crippen molar-refractivity contribution < 1.29 is 81.7 Å². The monoisotopic (exact) mass is 2040 g/mol. The van der Waals surface area contributed by atoms with E-state index in [2.05, 4.69) is 151 Å². The first-order valence-electron chi connectivity index (χ1n) is 29.7. The largest absolute Gasteiger partial charge is 0.508 e. The van der Waals surface area contributed by atoms with Crippen LogP contribution in [0.5, 0.6) is 34.5 Å². The molecule has 0 aromatic heterocycles. The van der Waals surface area contributed by atoms with Crippen molar-refractivity contribution in [2.75, 3.05) is 19.8 Å². The van der Waals surface area contributed by atoms with Gasteiger partial charge in [0.2, 0.25) is 5.91 Å². The fraction of sp³-hybridized carbons (Fsp3) is 0.333. The molecular weight excluding hydrogens is 1970 g/mol. The molecule has 6 rings (SSSR count). The highest BCUT2D eigenvalue weighted by Crippen LogP contribution is 2.32. The van der Waals surface area contributed by atoms with E-state index in [1.807, 2.05) is 36.4 Å². The summed E-state index contributed by atoms with van der Waals surface area (Å²) in [5.74, 6) is -0.746. The Balaban J connectivity index is 0.000000379. The maximum atomic E-state index is 12.6. The molecule has 0 saturated carbocycles. The fourth-order valence-electron chi connectivity index (χ4n) is 8.70. The summed E-state index contributed by atoms with van der Waals surface area (Å²) in [5, 5.41) is 28.3. The van der Waals surface area contributed by atoms with E-state index < -0.39 is 42.0 Å². The summed E-state index contributed by atoms with van der Waals surface area (Å²) in [6, 6.07) is 29.8. The number of amides is 1. The van der Waals surface area contributed by atoms with Crippen LogP contribution in [-0.4, -0.2) is 106 Å². The van der Waals surface area contributed by atoms with Gasteiger partial charge >= 0.3 is 41.8 Å². The van der Waals surface area contributed by atoms with Gasteiger partial charge in [-0.25, -0.2) is 14.4 Å². The van der Waals surface area contributed by atoms with Crippen molar-refractivity contribution in [3.8, 4) is 34.5 Å². The molecule has 0 aliphatic carbocycles. The van der Waals surface area contributed by atoms with Crippen LogP contribution in [-0.2, 0) is 91.1 Å². The smallest absolute Gasteiger partial charge is 0.328 e. The SMILES string of the molecule is C.CCOC(=O)C(Cc1ccc(O)cc1)NC(=S)CCc1cc(I)c(O)c(I)c1.CCOC(=O)C(Cc1ccc(OC(C)=O)cc1)NC(=O)CCc1cc(I)c(OC(C)=O)c(I)c1.CCOC(=O)C(Cc1ccc(OC(C)=O)cc1)NC(=S)CCc1cc(I)c(OC(C)=O)c(I)c1. The highest BCUT2D eigenvalue weighted by molar-refractivity contribution is 14.1. The topological polar surface area (TPSA) is 278 Å². The zero-order valence-corrected chi connectivity index (χ0v) is 67.8. The van der Waals surface area contributed by atoms with Crippen LogP contribution in [0.1, 0.15) is 109 Å².